The minimum Gasteiger partial charge on any atom is -0.388 e. The van der Waals surface area contributed by atoms with Gasteiger partial charge in [0, 0.05) is 6.42 Å². The monoisotopic (exact) mass is 102 g/mol. The Bertz CT molecular complexity index is 50.0. The van der Waals surface area contributed by atoms with Gasteiger partial charge in [-0.2, -0.15) is 0 Å². The number of rotatable bonds is 2. The van der Waals surface area contributed by atoms with Gasteiger partial charge in [-0.15, -0.1) is 0 Å². The number of hydrogen-bond donors (Lipinski definition) is 2. The molecule has 44 valence electrons. The summed E-state index contributed by atoms with van der Waals surface area (Å²) in [4.78, 5) is 0. The first-order chi connectivity index (χ1) is 2.77. The van der Waals surface area contributed by atoms with Crippen LogP contribution in [0.25, 0.3) is 0 Å². The van der Waals surface area contributed by atoms with Crippen LogP contribution in [0.15, 0.2) is 0 Å². The maximum atomic E-state index is 6.67. The smallest absolute Gasteiger partial charge is 0.0905 e. The summed E-state index contributed by atoms with van der Waals surface area (Å²) in [6.07, 6.45) is 1.72. The lowest BCUT2D eigenvalue weighted by atomic mass is 10.3. The molecule has 0 spiro atoms. The Hall–Kier alpha value is -0.530. The molecule has 0 aromatic carbocycles. The fraction of sp³-hybridized carbons (Fsp3) is 0.800. The average molecular weight is 102 g/mol. The Kier molecular flexibility index (Phi) is 7.57. The number of amidine groups is 1. The molecular formula is C5H14N2. The maximum Gasteiger partial charge on any atom is 0.0905 e. The first kappa shape index (κ1) is 9.69. The molecule has 0 aliphatic carbocycles. The van der Waals surface area contributed by atoms with Gasteiger partial charge in [-0.1, -0.05) is 14.4 Å². The maximum absolute atomic E-state index is 6.67. The second kappa shape index (κ2) is 5.47. The summed E-state index contributed by atoms with van der Waals surface area (Å²) in [5.41, 5.74) is 4.99. The zero-order valence-corrected chi connectivity index (χ0v) is 3.99. The molecule has 0 aromatic rings. The van der Waals surface area contributed by atoms with E-state index in [1.807, 2.05) is 6.92 Å². The van der Waals surface area contributed by atoms with E-state index in [4.69, 9.17) is 11.1 Å². The molecule has 2 nitrogen and oxygen atoms in total. The summed E-state index contributed by atoms with van der Waals surface area (Å²) in [5, 5.41) is 6.67. The van der Waals surface area contributed by atoms with Gasteiger partial charge >= 0.3 is 0 Å². The molecule has 3 N–H and O–H groups in total. The van der Waals surface area contributed by atoms with Crippen LogP contribution in [0.3, 0.4) is 0 Å². The number of nitrogens with one attached hydrogen (secondary N) is 1. The van der Waals surface area contributed by atoms with Crippen LogP contribution in [0, 0.1) is 5.41 Å². The average Bonchev–Trinajstić information content (AvgIpc) is 1.35. The summed E-state index contributed by atoms with van der Waals surface area (Å²) in [6, 6.07) is 0. The molecule has 7 heavy (non-hydrogen) atoms. The minimum atomic E-state index is 0. The summed E-state index contributed by atoms with van der Waals surface area (Å²) >= 11 is 0. The predicted molar refractivity (Wildman–Crippen MR) is 33.6 cm³/mol. The van der Waals surface area contributed by atoms with Gasteiger partial charge in [-0.25, -0.2) is 0 Å². The Morgan fingerprint density at radius 2 is 2.14 bits per heavy atom. The van der Waals surface area contributed by atoms with Crippen molar-refractivity contribution >= 4 is 5.84 Å². The molecule has 0 aromatic heterocycles. The van der Waals surface area contributed by atoms with Crippen LogP contribution in [0.2, 0.25) is 0 Å². The lowest BCUT2D eigenvalue weighted by molar-refractivity contribution is 0.976. The third kappa shape index (κ3) is 10.8. The Labute approximate surface area is 45.2 Å². The molecule has 0 aliphatic heterocycles. The van der Waals surface area contributed by atoms with Gasteiger partial charge in [0.25, 0.3) is 0 Å². The van der Waals surface area contributed by atoms with Gasteiger partial charge in [0.2, 0.25) is 0 Å². The molecule has 0 radical (unpaired) electrons. The Morgan fingerprint density at radius 1 is 1.71 bits per heavy atom. The van der Waals surface area contributed by atoms with Crippen molar-refractivity contribution in [2.75, 3.05) is 0 Å². The van der Waals surface area contributed by atoms with Crippen LogP contribution < -0.4 is 5.73 Å². The molecule has 0 saturated carbocycles. The molecule has 0 amide bonds. The highest BCUT2D eigenvalue weighted by Crippen LogP contribution is 1.80. The highest BCUT2D eigenvalue weighted by molar-refractivity contribution is 5.76. The normalized spacial score (nSPS) is 7.00. The summed E-state index contributed by atoms with van der Waals surface area (Å²) in [6.45, 7) is 2.00. The van der Waals surface area contributed by atoms with Gasteiger partial charge in [0.05, 0.1) is 5.84 Å². The van der Waals surface area contributed by atoms with E-state index in [1.165, 1.54) is 0 Å². The van der Waals surface area contributed by atoms with Crippen LogP contribution in [-0.2, 0) is 0 Å². The minimum absolute atomic E-state index is 0. The zero-order valence-electron chi connectivity index (χ0n) is 3.99. The standard InChI is InChI=1S/C4H10N2.CH4/c1-2-3-4(5)6;/h2-3H2,1H3,(H3,5,6);1H4. The first-order valence-corrected chi connectivity index (χ1v) is 2.10. The van der Waals surface area contributed by atoms with E-state index in [0.717, 1.165) is 12.8 Å². The van der Waals surface area contributed by atoms with E-state index >= 15 is 0 Å². The molecular weight excluding hydrogens is 88.1 g/mol. The van der Waals surface area contributed by atoms with E-state index in [-0.39, 0.29) is 13.3 Å². The van der Waals surface area contributed by atoms with E-state index in [9.17, 15) is 0 Å². The van der Waals surface area contributed by atoms with E-state index in [2.05, 4.69) is 0 Å². The summed E-state index contributed by atoms with van der Waals surface area (Å²) < 4.78 is 0. The second-order valence-electron chi connectivity index (χ2n) is 1.28. The van der Waals surface area contributed by atoms with Gasteiger partial charge < -0.3 is 5.73 Å². The molecule has 0 heterocycles. The fourth-order valence-electron chi connectivity index (χ4n) is 0.269. The highest BCUT2D eigenvalue weighted by Gasteiger charge is 1.79. The fourth-order valence-corrected chi connectivity index (χ4v) is 0.269. The third-order valence-corrected chi connectivity index (χ3v) is 0.519. The molecule has 2 heteroatoms. The quantitative estimate of drug-likeness (QED) is 0.401. The number of hydrogen-bond acceptors (Lipinski definition) is 1. The number of nitrogens with two attached hydrogens (primary N) is 1. The molecule has 0 fully saturated rings. The van der Waals surface area contributed by atoms with Crippen molar-refractivity contribution in [2.45, 2.75) is 27.2 Å². The van der Waals surface area contributed by atoms with Crippen molar-refractivity contribution in [3.63, 3.8) is 0 Å². The molecule has 0 saturated heterocycles. The van der Waals surface area contributed by atoms with Crippen molar-refractivity contribution in [1.82, 2.24) is 0 Å². The highest BCUT2D eigenvalue weighted by atomic mass is 14.7. The molecule has 0 unspecified atom stereocenters. The van der Waals surface area contributed by atoms with Crippen LogP contribution >= 0.6 is 0 Å². The van der Waals surface area contributed by atoms with Gasteiger partial charge in [0.1, 0.15) is 0 Å². The third-order valence-electron chi connectivity index (χ3n) is 0.519. The topological polar surface area (TPSA) is 49.9 Å². The molecule has 0 atom stereocenters. The predicted octanol–water partition coefficient (Wildman–Crippen LogP) is 1.36. The van der Waals surface area contributed by atoms with Crippen LogP contribution in [0.1, 0.15) is 27.2 Å². The molecule has 0 rings (SSSR count). The van der Waals surface area contributed by atoms with E-state index in [0.29, 0.717) is 0 Å². The largest absolute Gasteiger partial charge is 0.388 e. The van der Waals surface area contributed by atoms with Crippen molar-refractivity contribution < 1.29 is 0 Å². The zero-order chi connectivity index (χ0) is 4.99. The van der Waals surface area contributed by atoms with Crippen molar-refractivity contribution in [1.29, 1.82) is 5.41 Å². The van der Waals surface area contributed by atoms with Crippen LogP contribution in [-0.4, -0.2) is 5.84 Å². The SMILES string of the molecule is C.CCCC(=N)N. The Morgan fingerprint density at radius 3 is 2.14 bits per heavy atom. The van der Waals surface area contributed by atoms with Crippen LogP contribution in [0.4, 0.5) is 0 Å². The van der Waals surface area contributed by atoms with Gasteiger partial charge in [-0.05, 0) is 6.42 Å². The van der Waals surface area contributed by atoms with Gasteiger partial charge in [0.15, 0.2) is 0 Å². The summed E-state index contributed by atoms with van der Waals surface area (Å²) in [7, 11) is 0. The first-order valence-electron chi connectivity index (χ1n) is 2.10. The molecule has 0 aliphatic rings. The van der Waals surface area contributed by atoms with Crippen molar-refractivity contribution in [2.24, 2.45) is 5.73 Å². The lowest BCUT2D eigenvalue weighted by Gasteiger charge is -1.85. The Balaban J connectivity index is 0. The summed E-state index contributed by atoms with van der Waals surface area (Å²) in [5.74, 6) is 0.289. The lowest BCUT2D eigenvalue weighted by Crippen LogP contribution is -2.07. The van der Waals surface area contributed by atoms with Crippen molar-refractivity contribution in [3.8, 4) is 0 Å². The van der Waals surface area contributed by atoms with E-state index < -0.39 is 0 Å². The van der Waals surface area contributed by atoms with E-state index in [1.54, 1.807) is 0 Å². The second-order valence-corrected chi connectivity index (χ2v) is 1.28. The van der Waals surface area contributed by atoms with Gasteiger partial charge in [-0.3, -0.25) is 5.41 Å². The molecule has 0 bridgehead atoms. The van der Waals surface area contributed by atoms with Crippen molar-refractivity contribution in [3.05, 3.63) is 0 Å². The van der Waals surface area contributed by atoms with Crippen LogP contribution in [0.5, 0.6) is 0 Å².